The quantitative estimate of drug-likeness (QED) is 0.530. The van der Waals surface area contributed by atoms with E-state index in [-0.39, 0.29) is 35.8 Å². The van der Waals surface area contributed by atoms with Gasteiger partial charge in [0, 0.05) is 32.9 Å². The molecule has 0 saturated heterocycles. The lowest BCUT2D eigenvalue weighted by Gasteiger charge is -2.25. The van der Waals surface area contributed by atoms with E-state index < -0.39 is 5.91 Å². The Morgan fingerprint density at radius 2 is 1.76 bits per heavy atom. The van der Waals surface area contributed by atoms with E-state index in [1.807, 2.05) is 6.92 Å². The number of carbonyl (C=O) groups excluding carboxylic acids is 3. The fourth-order valence-electron chi connectivity index (χ4n) is 3.34. The number of benzene rings is 2. The minimum absolute atomic E-state index is 0.237. The predicted octanol–water partition coefficient (Wildman–Crippen LogP) is 3.29. The van der Waals surface area contributed by atoms with Gasteiger partial charge >= 0.3 is 0 Å². The highest BCUT2D eigenvalue weighted by atomic mass is 19.1. The summed E-state index contributed by atoms with van der Waals surface area (Å²) in [5.74, 6) is -1.38. The Kier molecular flexibility index (Phi) is 6.08. The van der Waals surface area contributed by atoms with Gasteiger partial charge < -0.3 is 9.64 Å². The molecule has 2 aromatic rings. The highest BCUT2D eigenvalue weighted by Gasteiger charge is 2.36. The van der Waals surface area contributed by atoms with Crippen LogP contribution >= 0.6 is 0 Å². The first-order chi connectivity index (χ1) is 13.8. The summed E-state index contributed by atoms with van der Waals surface area (Å²) in [4.78, 5) is 40.7. The fraction of sp³-hybridized carbons (Fsp3) is 0.318. The maximum Gasteiger partial charge on any atom is 0.261 e. The van der Waals surface area contributed by atoms with E-state index in [4.69, 9.17) is 4.74 Å². The molecule has 1 aliphatic heterocycles. The summed E-state index contributed by atoms with van der Waals surface area (Å²) in [7, 11) is 3.21. The van der Waals surface area contributed by atoms with Crippen molar-refractivity contribution in [3.05, 3.63) is 70.5 Å². The lowest BCUT2D eigenvalue weighted by atomic mass is 10.0. The number of amides is 3. The topological polar surface area (TPSA) is 66.9 Å². The molecule has 29 heavy (non-hydrogen) atoms. The molecule has 0 spiro atoms. The molecule has 3 amide bonds. The average Bonchev–Trinajstić information content (AvgIpc) is 2.97. The Bertz CT molecular complexity index is 942. The van der Waals surface area contributed by atoms with Crippen LogP contribution in [0.4, 0.5) is 4.39 Å². The van der Waals surface area contributed by atoms with Gasteiger partial charge in [-0.1, -0.05) is 12.1 Å². The Balaban J connectivity index is 1.79. The van der Waals surface area contributed by atoms with Crippen LogP contribution in [0.5, 0.6) is 0 Å². The van der Waals surface area contributed by atoms with E-state index in [9.17, 15) is 18.8 Å². The van der Waals surface area contributed by atoms with E-state index in [0.29, 0.717) is 24.2 Å². The van der Waals surface area contributed by atoms with Gasteiger partial charge in [0.15, 0.2) is 0 Å². The highest BCUT2D eigenvalue weighted by Crippen LogP contribution is 2.26. The van der Waals surface area contributed by atoms with Crippen LogP contribution in [0.1, 0.15) is 56.0 Å². The van der Waals surface area contributed by atoms with Crippen molar-refractivity contribution in [3.63, 3.8) is 0 Å². The van der Waals surface area contributed by atoms with Crippen LogP contribution in [0, 0.1) is 5.82 Å². The molecular formula is C22H23FN2O4. The zero-order valence-electron chi connectivity index (χ0n) is 16.6. The van der Waals surface area contributed by atoms with Gasteiger partial charge in [0.1, 0.15) is 5.82 Å². The fourth-order valence-corrected chi connectivity index (χ4v) is 3.34. The number of imide groups is 1. The third kappa shape index (κ3) is 4.05. The molecule has 0 bridgehead atoms. The predicted molar refractivity (Wildman–Crippen MR) is 105 cm³/mol. The number of methoxy groups -OCH3 is 1. The summed E-state index contributed by atoms with van der Waals surface area (Å²) in [5, 5.41) is 0. The normalized spacial score (nSPS) is 14.1. The number of hydrogen-bond donors (Lipinski definition) is 0. The first-order valence-electron chi connectivity index (χ1n) is 9.37. The Morgan fingerprint density at radius 1 is 1.10 bits per heavy atom. The third-order valence-corrected chi connectivity index (χ3v) is 5.20. The molecule has 0 radical (unpaired) electrons. The zero-order valence-corrected chi connectivity index (χ0v) is 16.6. The second kappa shape index (κ2) is 8.53. The summed E-state index contributed by atoms with van der Waals surface area (Å²) in [6, 6.07) is 10.2. The van der Waals surface area contributed by atoms with Crippen LogP contribution in [0.15, 0.2) is 42.5 Å². The minimum atomic E-state index is -0.398. The number of carbonyl (C=O) groups is 3. The Morgan fingerprint density at radius 3 is 2.41 bits per heavy atom. The molecule has 1 atom stereocenters. The molecule has 6 nitrogen and oxygen atoms in total. The second-order valence-electron chi connectivity index (χ2n) is 7.01. The minimum Gasteiger partial charge on any atom is -0.385 e. The van der Waals surface area contributed by atoms with Gasteiger partial charge in [-0.15, -0.1) is 0 Å². The molecule has 2 aromatic carbocycles. The molecule has 0 N–H and O–H groups in total. The molecule has 0 aromatic heterocycles. The van der Waals surface area contributed by atoms with Gasteiger partial charge in [0.25, 0.3) is 17.7 Å². The average molecular weight is 398 g/mol. The van der Waals surface area contributed by atoms with Crippen molar-refractivity contribution < 1.29 is 23.5 Å². The van der Waals surface area contributed by atoms with Crippen LogP contribution in [0.2, 0.25) is 0 Å². The summed E-state index contributed by atoms with van der Waals surface area (Å²) >= 11 is 0. The van der Waals surface area contributed by atoms with Gasteiger partial charge in [-0.2, -0.15) is 0 Å². The number of nitrogens with zero attached hydrogens (tertiary/aromatic N) is 2. The Labute approximate surface area is 168 Å². The first kappa shape index (κ1) is 20.7. The van der Waals surface area contributed by atoms with Crippen molar-refractivity contribution in [2.24, 2.45) is 0 Å². The van der Waals surface area contributed by atoms with Gasteiger partial charge in [-0.05, 0) is 49.2 Å². The van der Waals surface area contributed by atoms with Crippen molar-refractivity contribution in [3.8, 4) is 0 Å². The van der Waals surface area contributed by atoms with Gasteiger partial charge in [-0.3, -0.25) is 19.3 Å². The third-order valence-electron chi connectivity index (χ3n) is 5.20. The number of fused-ring (bicyclic) bond motifs is 1. The number of halogens is 1. The molecule has 1 unspecified atom stereocenters. The standard InChI is InChI=1S/C22H23FN2O4/c1-14(15-5-8-17(23)9-6-15)24(2)20(26)16-7-10-18-19(13-16)22(28)25(21(18)27)11-4-12-29-3/h5-10,13-14H,4,11-12H2,1-3H3. The van der Waals surface area contributed by atoms with E-state index in [0.717, 1.165) is 5.56 Å². The maximum absolute atomic E-state index is 13.1. The van der Waals surface area contributed by atoms with Crippen LogP contribution in [-0.2, 0) is 4.74 Å². The lowest BCUT2D eigenvalue weighted by molar-refractivity contribution is 0.0638. The molecule has 7 heteroatoms. The summed E-state index contributed by atoms with van der Waals surface area (Å²) < 4.78 is 18.1. The maximum atomic E-state index is 13.1. The molecule has 152 valence electrons. The zero-order chi connectivity index (χ0) is 21.1. The summed E-state index contributed by atoms with van der Waals surface area (Å²) in [5.41, 5.74) is 1.65. The molecule has 1 heterocycles. The number of ether oxygens (including phenoxy) is 1. The molecule has 3 rings (SSSR count). The summed E-state index contributed by atoms with van der Waals surface area (Å²) in [6.07, 6.45) is 0.547. The lowest BCUT2D eigenvalue weighted by Crippen LogP contribution is -2.31. The van der Waals surface area contributed by atoms with Crippen molar-refractivity contribution in [2.75, 3.05) is 27.3 Å². The largest absolute Gasteiger partial charge is 0.385 e. The van der Waals surface area contributed by atoms with Crippen LogP contribution < -0.4 is 0 Å². The van der Waals surface area contributed by atoms with Crippen LogP contribution in [-0.4, -0.2) is 54.8 Å². The molecule has 0 aliphatic carbocycles. The van der Waals surface area contributed by atoms with E-state index in [1.54, 1.807) is 32.4 Å². The van der Waals surface area contributed by atoms with Crippen LogP contribution in [0.3, 0.4) is 0 Å². The van der Waals surface area contributed by atoms with Crippen LogP contribution in [0.25, 0.3) is 0 Å². The highest BCUT2D eigenvalue weighted by molar-refractivity contribution is 6.22. The van der Waals surface area contributed by atoms with Crippen molar-refractivity contribution >= 4 is 17.7 Å². The van der Waals surface area contributed by atoms with Crippen molar-refractivity contribution in [1.82, 2.24) is 9.80 Å². The second-order valence-corrected chi connectivity index (χ2v) is 7.01. The molecule has 0 fully saturated rings. The molecule has 1 aliphatic rings. The monoisotopic (exact) mass is 398 g/mol. The smallest absolute Gasteiger partial charge is 0.261 e. The Hall–Kier alpha value is -3.06. The number of hydrogen-bond acceptors (Lipinski definition) is 4. The van der Waals surface area contributed by atoms with E-state index in [2.05, 4.69) is 0 Å². The number of rotatable bonds is 7. The van der Waals surface area contributed by atoms with Gasteiger partial charge in [0.2, 0.25) is 0 Å². The summed E-state index contributed by atoms with van der Waals surface area (Å²) in [6.45, 7) is 2.55. The first-order valence-corrected chi connectivity index (χ1v) is 9.37. The van der Waals surface area contributed by atoms with E-state index >= 15 is 0 Å². The van der Waals surface area contributed by atoms with E-state index in [1.165, 1.54) is 34.1 Å². The van der Waals surface area contributed by atoms with Crippen molar-refractivity contribution in [2.45, 2.75) is 19.4 Å². The molecular weight excluding hydrogens is 375 g/mol. The molecule has 0 saturated carbocycles. The van der Waals surface area contributed by atoms with Gasteiger partial charge in [0.05, 0.1) is 17.2 Å². The SMILES string of the molecule is COCCCN1C(=O)c2ccc(C(=O)N(C)C(C)c3ccc(F)cc3)cc2C1=O. The van der Waals surface area contributed by atoms with Gasteiger partial charge in [-0.25, -0.2) is 4.39 Å². The van der Waals surface area contributed by atoms with Crippen molar-refractivity contribution in [1.29, 1.82) is 0 Å².